The van der Waals surface area contributed by atoms with Gasteiger partial charge in [0.2, 0.25) is 5.91 Å². The molecular weight excluding hydrogens is 483 g/mol. The number of aliphatic hydroxyl groups is 1. The maximum atomic E-state index is 14.5. The van der Waals surface area contributed by atoms with Crippen LogP contribution in [-0.4, -0.2) is 59.2 Å². The maximum Gasteiger partial charge on any atom is 0.219 e. The van der Waals surface area contributed by atoms with Crippen LogP contribution < -0.4 is 10.1 Å². The number of hydrogen-bond donors (Lipinski definition) is 3. The van der Waals surface area contributed by atoms with Crippen molar-refractivity contribution in [3.63, 3.8) is 0 Å². The number of carbonyl (C=O) groups is 1. The first kappa shape index (κ1) is 26.0. The first-order valence-corrected chi connectivity index (χ1v) is 13.3. The molecule has 3 heterocycles. The molecular formula is C30H35FN4O3. The molecule has 1 aliphatic heterocycles. The second-order valence-electron chi connectivity index (χ2n) is 10.1. The summed E-state index contributed by atoms with van der Waals surface area (Å²) in [6.07, 6.45) is 3.67. The highest BCUT2D eigenvalue weighted by Crippen LogP contribution is 2.36. The first-order chi connectivity index (χ1) is 18.5. The number of aliphatic hydroxyl groups excluding tert-OH is 1. The van der Waals surface area contributed by atoms with Crippen LogP contribution in [0.5, 0.6) is 5.75 Å². The minimum Gasteiger partial charge on any atom is -0.494 e. The number of halogens is 1. The number of piperidine rings is 1. The molecule has 2 aromatic heterocycles. The predicted molar refractivity (Wildman–Crippen MR) is 148 cm³/mol. The summed E-state index contributed by atoms with van der Waals surface area (Å²) in [5, 5.41) is 15.5. The largest absolute Gasteiger partial charge is 0.494 e. The van der Waals surface area contributed by atoms with Gasteiger partial charge in [-0.3, -0.25) is 4.79 Å². The van der Waals surface area contributed by atoms with E-state index in [0.717, 1.165) is 76.9 Å². The molecule has 2 aromatic carbocycles. The number of nitrogens with zero attached hydrogens (tertiary/aromatic N) is 2. The van der Waals surface area contributed by atoms with Crippen LogP contribution in [0, 0.1) is 11.7 Å². The molecule has 5 rings (SSSR count). The highest BCUT2D eigenvalue weighted by molar-refractivity contribution is 6.11. The number of H-pyrrole nitrogens is 1. The molecule has 1 amide bonds. The summed E-state index contributed by atoms with van der Waals surface area (Å²) in [4.78, 5) is 22.3. The minimum atomic E-state index is -0.396. The maximum absolute atomic E-state index is 14.5. The lowest BCUT2D eigenvalue weighted by molar-refractivity contribution is -0.130. The van der Waals surface area contributed by atoms with Gasteiger partial charge >= 0.3 is 0 Å². The Morgan fingerprint density at radius 3 is 2.74 bits per heavy atom. The Morgan fingerprint density at radius 2 is 2.03 bits per heavy atom. The van der Waals surface area contributed by atoms with Gasteiger partial charge in [-0.15, -0.1) is 0 Å². The molecule has 0 atom stereocenters. The van der Waals surface area contributed by atoms with Gasteiger partial charge in [-0.25, -0.2) is 9.37 Å². The molecule has 0 radical (unpaired) electrons. The van der Waals surface area contributed by atoms with Crippen molar-refractivity contribution in [3.05, 3.63) is 65.1 Å². The average molecular weight is 519 g/mol. The monoisotopic (exact) mass is 518 g/mol. The Labute approximate surface area is 222 Å². The molecule has 0 saturated carbocycles. The van der Waals surface area contributed by atoms with Crippen molar-refractivity contribution >= 4 is 33.5 Å². The lowest BCUT2D eigenvalue weighted by Crippen LogP contribution is -2.38. The van der Waals surface area contributed by atoms with Gasteiger partial charge in [-0.05, 0) is 55.4 Å². The van der Waals surface area contributed by atoms with Crippen molar-refractivity contribution in [2.75, 3.05) is 38.7 Å². The van der Waals surface area contributed by atoms with E-state index in [1.807, 2.05) is 23.1 Å². The van der Waals surface area contributed by atoms with E-state index < -0.39 is 5.82 Å². The lowest BCUT2D eigenvalue weighted by Gasteiger charge is -2.31. The molecule has 1 saturated heterocycles. The van der Waals surface area contributed by atoms with Crippen molar-refractivity contribution in [1.82, 2.24) is 14.9 Å². The summed E-state index contributed by atoms with van der Waals surface area (Å²) < 4.78 is 19.6. The van der Waals surface area contributed by atoms with E-state index in [9.17, 15) is 14.3 Å². The van der Waals surface area contributed by atoms with Crippen LogP contribution in [0.15, 0.2) is 42.5 Å². The third-order valence-electron chi connectivity index (χ3n) is 7.62. The van der Waals surface area contributed by atoms with Crippen LogP contribution in [0.2, 0.25) is 0 Å². The Bertz CT molecular complexity index is 1440. The third kappa shape index (κ3) is 5.31. The summed E-state index contributed by atoms with van der Waals surface area (Å²) in [5.74, 6) is 1.21. The number of aromatic amines is 1. The number of fused-ring (bicyclic) bond motifs is 3. The normalized spacial score (nSPS) is 14.4. The molecule has 3 N–H and O–H groups in total. The Morgan fingerprint density at radius 1 is 1.24 bits per heavy atom. The number of likely N-dealkylation sites (tertiary alicyclic amines) is 1. The summed E-state index contributed by atoms with van der Waals surface area (Å²) in [5.41, 5.74) is 4.68. The summed E-state index contributed by atoms with van der Waals surface area (Å²) in [6, 6.07) is 13.2. The number of hydrogen-bond acceptors (Lipinski definition) is 5. The second-order valence-corrected chi connectivity index (χ2v) is 10.1. The minimum absolute atomic E-state index is 0.0969. The van der Waals surface area contributed by atoms with Crippen LogP contribution in [-0.2, 0) is 17.6 Å². The molecule has 0 spiro atoms. The van der Waals surface area contributed by atoms with Gasteiger partial charge < -0.3 is 25.0 Å². The van der Waals surface area contributed by atoms with E-state index in [-0.39, 0.29) is 18.3 Å². The predicted octanol–water partition coefficient (Wildman–Crippen LogP) is 5.05. The molecule has 0 unspecified atom stereocenters. The number of amides is 1. The van der Waals surface area contributed by atoms with Gasteiger partial charge in [-0.2, -0.15) is 0 Å². The Balaban J connectivity index is 1.54. The number of ether oxygens (including phenoxy) is 1. The number of aromatic nitrogens is 2. The van der Waals surface area contributed by atoms with Gasteiger partial charge in [0.1, 0.15) is 5.82 Å². The number of pyridine rings is 1. The van der Waals surface area contributed by atoms with E-state index in [2.05, 4.69) is 22.4 Å². The van der Waals surface area contributed by atoms with E-state index in [1.54, 1.807) is 13.0 Å². The second kappa shape index (κ2) is 11.4. The van der Waals surface area contributed by atoms with E-state index in [0.29, 0.717) is 25.2 Å². The molecule has 200 valence electrons. The molecule has 7 nitrogen and oxygen atoms in total. The van der Waals surface area contributed by atoms with E-state index in [4.69, 9.17) is 9.72 Å². The SMILES string of the molecule is COc1ccc(Cc2nc(NCC3CCN(C(C)=O)CC3)c(CCCO)c3c2[nH]c2ccccc23)cc1F. The topological polar surface area (TPSA) is 90.5 Å². The van der Waals surface area contributed by atoms with Crippen LogP contribution in [0.25, 0.3) is 21.8 Å². The van der Waals surface area contributed by atoms with Crippen LogP contribution in [0.1, 0.15) is 43.0 Å². The smallest absolute Gasteiger partial charge is 0.219 e. The number of methoxy groups -OCH3 is 1. The van der Waals surface area contributed by atoms with Gasteiger partial charge in [-0.1, -0.05) is 24.3 Å². The highest BCUT2D eigenvalue weighted by Gasteiger charge is 2.23. The molecule has 38 heavy (non-hydrogen) atoms. The third-order valence-corrected chi connectivity index (χ3v) is 7.62. The van der Waals surface area contributed by atoms with E-state index >= 15 is 0 Å². The number of para-hydroxylation sites is 1. The molecule has 8 heteroatoms. The van der Waals surface area contributed by atoms with E-state index in [1.165, 1.54) is 13.2 Å². The fourth-order valence-electron chi connectivity index (χ4n) is 5.53. The molecule has 4 aromatic rings. The highest BCUT2D eigenvalue weighted by atomic mass is 19.1. The number of aryl methyl sites for hydroxylation is 1. The van der Waals surface area contributed by atoms with Crippen molar-refractivity contribution in [2.45, 2.75) is 39.0 Å². The fourth-order valence-corrected chi connectivity index (χ4v) is 5.53. The zero-order chi connectivity index (χ0) is 26.6. The Kier molecular flexibility index (Phi) is 7.79. The van der Waals surface area contributed by atoms with Crippen molar-refractivity contribution < 1.29 is 19.0 Å². The lowest BCUT2D eigenvalue weighted by atomic mass is 9.96. The van der Waals surface area contributed by atoms with Gasteiger partial charge in [0.15, 0.2) is 11.6 Å². The zero-order valence-electron chi connectivity index (χ0n) is 22.0. The van der Waals surface area contributed by atoms with Crippen LogP contribution in [0.3, 0.4) is 0 Å². The quantitative estimate of drug-likeness (QED) is 0.289. The molecule has 1 fully saturated rings. The number of anilines is 1. The number of carbonyl (C=O) groups excluding carboxylic acids is 1. The zero-order valence-corrected chi connectivity index (χ0v) is 22.0. The van der Waals surface area contributed by atoms with Gasteiger partial charge in [0.05, 0.1) is 18.3 Å². The summed E-state index contributed by atoms with van der Waals surface area (Å²) in [6.45, 7) is 4.04. The summed E-state index contributed by atoms with van der Waals surface area (Å²) in [7, 11) is 1.46. The average Bonchev–Trinajstić information content (AvgIpc) is 3.32. The van der Waals surface area contributed by atoms with Crippen molar-refractivity contribution in [2.24, 2.45) is 5.92 Å². The summed E-state index contributed by atoms with van der Waals surface area (Å²) >= 11 is 0. The number of benzene rings is 2. The number of nitrogens with one attached hydrogen (secondary N) is 2. The van der Waals surface area contributed by atoms with Crippen molar-refractivity contribution in [1.29, 1.82) is 0 Å². The van der Waals surface area contributed by atoms with Crippen LogP contribution in [0.4, 0.5) is 10.2 Å². The molecule has 1 aliphatic rings. The fraction of sp³-hybridized carbons (Fsp3) is 0.400. The van der Waals surface area contributed by atoms with Crippen molar-refractivity contribution in [3.8, 4) is 5.75 Å². The first-order valence-electron chi connectivity index (χ1n) is 13.3. The van der Waals surface area contributed by atoms with Gasteiger partial charge in [0.25, 0.3) is 0 Å². The number of rotatable bonds is 9. The van der Waals surface area contributed by atoms with Gasteiger partial charge in [0, 0.05) is 61.4 Å². The van der Waals surface area contributed by atoms with Crippen LogP contribution >= 0.6 is 0 Å². The molecule has 0 bridgehead atoms. The Hall–Kier alpha value is -3.65. The molecule has 0 aliphatic carbocycles. The standard InChI is InChI=1S/C30H35FN4O3/c1-19(37)35-13-11-20(12-14-35)18-32-30-23(7-5-15-36)28-22-6-3-4-8-25(22)33-29(28)26(34-30)17-21-9-10-27(38-2)24(31)16-21/h3-4,6,8-10,16,20,33,36H,5,7,11-15,17-18H2,1-2H3,(H,32,34).